The van der Waals surface area contributed by atoms with Crippen LogP contribution >= 0.6 is 0 Å². The number of aliphatic hydroxyl groups is 1. The van der Waals surface area contributed by atoms with Crippen molar-refractivity contribution in [3.8, 4) is 0 Å². The number of primary amides is 1. The normalized spacial score (nSPS) is 24.4. The van der Waals surface area contributed by atoms with Gasteiger partial charge in [-0.05, 0) is 29.9 Å². The van der Waals surface area contributed by atoms with Gasteiger partial charge in [0.1, 0.15) is 6.10 Å². The zero-order chi connectivity index (χ0) is 24.6. The van der Waals surface area contributed by atoms with E-state index >= 15 is 0 Å². The van der Waals surface area contributed by atoms with Crippen LogP contribution in [0.15, 0.2) is 24.3 Å². The van der Waals surface area contributed by atoms with Gasteiger partial charge in [0.2, 0.25) is 5.91 Å². The van der Waals surface area contributed by atoms with Crippen molar-refractivity contribution >= 4 is 12.0 Å². The third kappa shape index (κ3) is 5.45. The first kappa shape index (κ1) is 25.3. The molecule has 1 aliphatic carbocycles. The Morgan fingerprint density at radius 2 is 1.82 bits per heavy atom. The Hall–Kier alpha value is -2.29. The first-order valence-corrected chi connectivity index (χ1v) is 11.4. The van der Waals surface area contributed by atoms with Gasteiger partial charge in [-0.1, -0.05) is 58.2 Å². The molecule has 9 heteroatoms. The Bertz CT molecular complexity index is 875. The van der Waals surface area contributed by atoms with Crippen LogP contribution in [0.2, 0.25) is 0 Å². The van der Waals surface area contributed by atoms with E-state index in [0.29, 0.717) is 32.1 Å². The number of hydrogen-bond acceptors (Lipinski definition) is 4. The summed E-state index contributed by atoms with van der Waals surface area (Å²) in [6.45, 7) is 5.95. The van der Waals surface area contributed by atoms with Crippen LogP contribution in [0.1, 0.15) is 76.3 Å². The van der Waals surface area contributed by atoms with Crippen molar-refractivity contribution in [2.75, 3.05) is 6.54 Å². The van der Waals surface area contributed by atoms with Gasteiger partial charge in [0.05, 0.1) is 23.1 Å². The Kier molecular flexibility index (Phi) is 7.03. The number of ether oxygens (including phenoxy) is 1. The van der Waals surface area contributed by atoms with Crippen LogP contribution in [0.4, 0.5) is 18.0 Å². The Morgan fingerprint density at radius 1 is 1.18 bits per heavy atom. The van der Waals surface area contributed by atoms with Crippen LogP contribution in [0.25, 0.3) is 0 Å². The number of likely N-dealkylation sites (tertiary alicyclic amines) is 1. The summed E-state index contributed by atoms with van der Waals surface area (Å²) in [5.74, 6) is -1.61. The van der Waals surface area contributed by atoms with E-state index in [4.69, 9.17) is 10.5 Å². The number of halogens is 3. The number of carbonyl (C=O) groups excluding carboxylic acids is 2. The van der Waals surface area contributed by atoms with Crippen molar-refractivity contribution in [3.05, 3.63) is 35.4 Å². The molecule has 0 spiro atoms. The first-order chi connectivity index (χ1) is 15.2. The summed E-state index contributed by atoms with van der Waals surface area (Å²) in [4.78, 5) is 27.0. The maximum atomic E-state index is 14.0. The number of nitrogens with zero attached hydrogens (tertiary/aromatic N) is 1. The highest BCUT2D eigenvalue weighted by atomic mass is 19.4. The van der Waals surface area contributed by atoms with Gasteiger partial charge in [-0.15, -0.1) is 0 Å². The van der Waals surface area contributed by atoms with Gasteiger partial charge < -0.3 is 20.5 Å². The van der Waals surface area contributed by atoms with Gasteiger partial charge in [-0.25, -0.2) is 4.79 Å². The van der Waals surface area contributed by atoms with E-state index in [1.54, 1.807) is 4.90 Å². The monoisotopic (exact) mass is 470 g/mol. The van der Waals surface area contributed by atoms with Crippen LogP contribution in [-0.2, 0) is 15.7 Å². The SMILES string of the molecule is CC(C)(C)C1[C@H](OC(N)=O)CCN1C(=O)C(c1cccc(C(F)(F)F)c1)C1(O)CCCCC1. The number of hydrogen-bond donors (Lipinski definition) is 2. The molecule has 2 unspecified atom stereocenters. The molecule has 1 saturated heterocycles. The van der Waals surface area contributed by atoms with Crippen molar-refractivity contribution in [1.29, 1.82) is 0 Å². The highest BCUT2D eigenvalue weighted by Crippen LogP contribution is 2.45. The predicted molar refractivity (Wildman–Crippen MR) is 116 cm³/mol. The molecule has 0 radical (unpaired) electrons. The average Bonchev–Trinajstić information content (AvgIpc) is 3.11. The standard InChI is InChI=1S/C24H33F3N2O4/c1-22(2,3)19-17(33-21(28)31)10-13-29(19)20(30)18(23(32)11-5-4-6-12-23)15-8-7-9-16(14-15)24(25,26)27/h7-9,14,17-19,32H,4-6,10-13H2,1-3H3,(H2,28,31)/t17-,18?,19?/m1/s1. The zero-order valence-corrected chi connectivity index (χ0v) is 19.3. The number of amides is 2. The molecule has 2 amide bonds. The molecule has 0 aromatic heterocycles. The summed E-state index contributed by atoms with van der Waals surface area (Å²) in [6.07, 6.45) is -2.84. The van der Waals surface area contributed by atoms with E-state index in [0.717, 1.165) is 18.6 Å². The summed E-state index contributed by atoms with van der Waals surface area (Å²) in [7, 11) is 0. The lowest BCUT2D eigenvalue weighted by atomic mass is 9.71. The van der Waals surface area contributed by atoms with Gasteiger partial charge in [0.25, 0.3) is 0 Å². The van der Waals surface area contributed by atoms with Gasteiger partial charge in [-0.2, -0.15) is 13.2 Å². The lowest BCUT2D eigenvalue weighted by molar-refractivity contribution is -0.146. The van der Waals surface area contributed by atoms with Gasteiger partial charge in [-0.3, -0.25) is 4.79 Å². The van der Waals surface area contributed by atoms with Crippen LogP contribution in [0.5, 0.6) is 0 Å². The Labute approximate surface area is 192 Å². The van der Waals surface area contributed by atoms with Crippen molar-refractivity contribution in [2.45, 2.75) is 89.1 Å². The Balaban J connectivity index is 2.06. The summed E-state index contributed by atoms with van der Waals surface area (Å²) in [5, 5.41) is 11.6. The van der Waals surface area contributed by atoms with Crippen molar-refractivity contribution in [1.82, 2.24) is 4.90 Å². The number of benzene rings is 1. The largest absolute Gasteiger partial charge is 0.444 e. The molecule has 3 atom stereocenters. The van der Waals surface area contributed by atoms with Gasteiger partial charge >= 0.3 is 12.3 Å². The number of alkyl halides is 3. The van der Waals surface area contributed by atoms with E-state index in [2.05, 4.69) is 0 Å². The minimum Gasteiger partial charge on any atom is -0.444 e. The lowest BCUT2D eigenvalue weighted by Crippen LogP contribution is -2.54. The third-order valence-electron chi connectivity index (χ3n) is 6.83. The van der Waals surface area contributed by atoms with Crippen molar-refractivity contribution in [2.24, 2.45) is 11.1 Å². The van der Waals surface area contributed by atoms with Crippen LogP contribution in [0, 0.1) is 5.41 Å². The van der Waals surface area contributed by atoms with Gasteiger partial charge in [0.15, 0.2) is 0 Å². The summed E-state index contributed by atoms with van der Waals surface area (Å²) in [5.41, 5.74) is 2.56. The van der Waals surface area contributed by atoms with Crippen molar-refractivity contribution < 1.29 is 32.6 Å². The molecule has 3 N–H and O–H groups in total. The molecule has 33 heavy (non-hydrogen) atoms. The molecule has 1 aromatic carbocycles. The molecule has 2 aliphatic rings. The third-order valence-corrected chi connectivity index (χ3v) is 6.83. The van der Waals surface area contributed by atoms with E-state index in [1.807, 2.05) is 20.8 Å². The smallest absolute Gasteiger partial charge is 0.416 e. The van der Waals surface area contributed by atoms with E-state index in [-0.39, 0.29) is 12.1 Å². The number of carbonyl (C=O) groups is 2. The fourth-order valence-electron chi connectivity index (χ4n) is 5.50. The molecule has 1 saturated carbocycles. The van der Waals surface area contributed by atoms with Crippen molar-refractivity contribution in [3.63, 3.8) is 0 Å². The second-order valence-electron chi connectivity index (χ2n) is 10.3. The average molecular weight is 471 g/mol. The quantitative estimate of drug-likeness (QED) is 0.673. The fraction of sp³-hybridized carbons (Fsp3) is 0.667. The minimum atomic E-state index is -4.57. The molecular weight excluding hydrogens is 437 g/mol. The van der Waals surface area contributed by atoms with E-state index < -0.39 is 52.8 Å². The molecule has 2 fully saturated rings. The first-order valence-electron chi connectivity index (χ1n) is 11.4. The highest BCUT2D eigenvalue weighted by Gasteiger charge is 2.51. The maximum Gasteiger partial charge on any atom is 0.416 e. The number of rotatable bonds is 4. The summed E-state index contributed by atoms with van der Waals surface area (Å²) >= 11 is 0. The second-order valence-corrected chi connectivity index (χ2v) is 10.3. The fourth-order valence-corrected chi connectivity index (χ4v) is 5.50. The van der Waals surface area contributed by atoms with Crippen LogP contribution in [-0.4, -0.2) is 46.3 Å². The van der Waals surface area contributed by atoms with Gasteiger partial charge in [0, 0.05) is 13.0 Å². The number of nitrogens with two attached hydrogens (primary N) is 1. The molecule has 184 valence electrons. The molecule has 0 bridgehead atoms. The van der Waals surface area contributed by atoms with Crippen LogP contribution < -0.4 is 5.73 Å². The minimum absolute atomic E-state index is 0.145. The Morgan fingerprint density at radius 3 is 2.36 bits per heavy atom. The molecule has 1 heterocycles. The van der Waals surface area contributed by atoms with E-state index in [9.17, 15) is 27.9 Å². The highest BCUT2D eigenvalue weighted by molar-refractivity contribution is 5.86. The molecule has 1 aromatic rings. The maximum absolute atomic E-state index is 14.0. The zero-order valence-electron chi connectivity index (χ0n) is 19.3. The summed E-state index contributed by atoms with van der Waals surface area (Å²) in [6, 6.07) is 4.14. The lowest BCUT2D eigenvalue weighted by Gasteiger charge is -2.44. The molecular formula is C24H33F3N2O4. The molecule has 6 nitrogen and oxygen atoms in total. The topological polar surface area (TPSA) is 92.9 Å². The van der Waals surface area contributed by atoms with E-state index in [1.165, 1.54) is 12.1 Å². The summed E-state index contributed by atoms with van der Waals surface area (Å²) < 4.78 is 45.6. The second kappa shape index (κ2) is 9.16. The molecule has 3 rings (SSSR count). The molecule has 1 aliphatic heterocycles. The predicted octanol–water partition coefficient (Wildman–Crippen LogP) is 4.60. The van der Waals surface area contributed by atoms with Crippen LogP contribution in [0.3, 0.4) is 0 Å².